The third kappa shape index (κ3) is 2.54. The van der Waals surface area contributed by atoms with Gasteiger partial charge >= 0.3 is 0 Å². The molecule has 0 radical (unpaired) electrons. The van der Waals surface area contributed by atoms with E-state index >= 15 is 0 Å². The summed E-state index contributed by atoms with van der Waals surface area (Å²) in [4.78, 5) is 4.32. The average Bonchev–Trinajstić information content (AvgIpc) is 2.98. The number of nitrogen functional groups attached to an aromatic ring is 1. The number of pyridine rings is 1. The van der Waals surface area contributed by atoms with Gasteiger partial charge in [-0.05, 0) is 18.6 Å². The monoisotopic (exact) mass is 268 g/mol. The normalized spacial score (nSPS) is 10.8. The van der Waals surface area contributed by atoms with Crippen molar-refractivity contribution in [2.24, 2.45) is 0 Å². The highest BCUT2D eigenvalue weighted by Gasteiger charge is 2.03. The van der Waals surface area contributed by atoms with Crippen molar-refractivity contribution in [2.45, 2.75) is 13.0 Å². The Kier molecular flexibility index (Phi) is 3.45. The molecule has 3 aromatic rings. The summed E-state index contributed by atoms with van der Waals surface area (Å²) in [6, 6.07) is 7.81. The van der Waals surface area contributed by atoms with Gasteiger partial charge in [-0.3, -0.25) is 9.67 Å². The molecule has 0 unspecified atom stereocenters. The molecule has 0 atom stereocenters. The zero-order valence-corrected chi connectivity index (χ0v) is 11.0. The number of hydrogen-bond donors (Lipinski definition) is 2. The molecular weight excluding hydrogens is 252 g/mol. The molecule has 102 valence electrons. The summed E-state index contributed by atoms with van der Waals surface area (Å²) in [7, 11) is 0. The fourth-order valence-electron chi connectivity index (χ4n) is 2.17. The molecule has 0 saturated carbocycles. The number of fused-ring (bicyclic) bond motifs is 1. The third-order valence-corrected chi connectivity index (χ3v) is 3.15. The van der Waals surface area contributed by atoms with E-state index in [1.165, 1.54) is 0 Å². The van der Waals surface area contributed by atoms with Crippen molar-refractivity contribution in [3.63, 3.8) is 0 Å². The molecular formula is C14H16N6. The van der Waals surface area contributed by atoms with E-state index < -0.39 is 0 Å². The molecule has 6 heteroatoms. The van der Waals surface area contributed by atoms with Crippen molar-refractivity contribution in [3.8, 4) is 0 Å². The zero-order chi connectivity index (χ0) is 13.8. The molecule has 6 nitrogen and oxygen atoms in total. The number of aryl methyl sites for hydroxylation is 1. The van der Waals surface area contributed by atoms with Crippen LogP contribution in [0.1, 0.15) is 6.42 Å². The molecule has 3 rings (SSSR count). The lowest BCUT2D eigenvalue weighted by Gasteiger charge is -2.10. The van der Waals surface area contributed by atoms with Crippen LogP contribution in [0.15, 0.2) is 42.9 Å². The van der Waals surface area contributed by atoms with E-state index in [0.29, 0.717) is 5.69 Å². The number of aromatic nitrogens is 4. The molecule has 0 spiro atoms. The van der Waals surface area contributed by atoms with Crippen molar-refractivity contribution in [1.29, 1.82) is 0 Å². The number of rotatable bonds is 5. The average molecular weight is 268 g/mol. The van der Waals surface area contributed by atoms with Gasteiger partial charge in [-0.15, -0.1) is 5.10 Å². The first-order valence-electron chi connectivity index (χ1n) is 6.56. The van der Waals surface area contributed by atoms with Crippen LogP contribution in [0.2, 0.25) is 0 Å². The highest BCUT2D eigenvalue weighted by molar-refractivity contribution is 5.97. The molecule has 0 aliphatic rings. The van der Waals surface area contributed by atoms with Crippen LogP contribution >= 0.6 is 0 Å². The van der Waals surface area contributed by atoms with Crippen LogP contribution in [0.3, 0.4) is 0 Å². The molecule has 3 N–H and O–H groups in total. The first-order chi connectivity index (χ1) is 9.84. The summed E-state index contributed by atoms with van der Waals surface area (Å²) in [6.45, 7) is 1.70. The van der Waals surface area contributed by atoms with Crippen molar-refractivity contribution >= 4 is 22.3 Å². The molecule has 2 aromatic heterocycles. The van der Waals surface area contributed by atoms with Gasteiger partial charge < -0.3 is 11.1 Å². The molecule has 0 amide bonds. The number of para-hydroxylation sites is 1. The molecule has 20 heavy (non-hydrogen) atoms. The second-order valence-electron chi connectivity index (χ2n) is 4.55. The highest BCUT2D eigenvalue weighted by atomic mass is 15.4. The van der Waals surface area contributed by atoms with Crippen molar-refractivity contribution in [2.75, 3.05) is 17.6 Å². The van der Waals surface area contributed by atoms with Gasteiger partial charge in [0.05, 0.1) is 17.4 Å². The first-order valence-corrected chi connectivity index (χ1v) is 6.56. The summed E-state index contributed by atoms with van der Waals surface area (Å²) in [5, 5.41) is 12.2. The Balaban J connectivity index is 1.67. The molecule has 1 aromatic carbocycles. The van der Waals surface area contributed by atoms with Crippen molar-refractivity contribution in [3.05, 3.63) is 42.9 Å². The summed E-state index contributed by atoms with van der Waals surface area (Å²) in [6.07, 6.45) is 6.29. The van der Waals surface area contributed by atoms with E-state index in [4.69, 9.17) is 5.73 Å². The molecule has 0 fully saturated rings. The fraction of sp³-hybridized carbons (Fsp3) is 0.214. The van der Waals surface area contributed by atoms with E-state index in [-0.39, 0.29) is 0 Å². The van der Waals surface area contributed by atoms with E-state index in [9.17, 15) is 0 Å². The number of anilines is 2. The van der Waals surface area contributed by atoms with Gasteiger partial charge in [0, 0.05) is 36.6 Å². The minimum absolute atomic E-state index is 0.703. The Morgan fingerprint density at radius 3 is 3.00 bits per heavy atom. The molecule has 0 aliphatic heterocycles. The van der Waals surface area contributed by atoms with Crippen LogP contribution in [-0.2, 0) is 6.54 Å². The van der Waals surface area contributed by atoms with E-state index in [2.05, 4.69) is 20.6 Å². The minimum Gasteiger partial charge on any atom is -0.397 e. The summed E-state index contributed by atoms with van der Waals surface area (Å²) >= 11 is 0. The van der Waals surface area contributed by atoms with Gasteiger partial charge in [0.15, 0.2) is 0 Å². The van der Waals surface area contributed by atoms with Crippen LogP contribution in [0.4, 0.5) is 11.4 Å². The summed E-state index contributed by atoms with van der Waals surface area (Å²) in [5.41, 5.74) is 8.54. The smallest absolute Gasteiger partial charge is 0.0951 e. The fourth-order valence-corrected chi connectivity index (χ4v) is 2.17. The number of nitrogens with zero attached hydrogens (tertiary/aromatic N) is 4. The number of nitrogens with one attached hydrogen (secondary N) is 1. The van der Waals surface area contributed by atoms with Crippen molar-refractivity contribution < 1.29 is 0 Å². The van der Waals surface area contributed by atoms with Crippen LogP contribution in [0, 0.1) is 0 Å². The van der Waals surface area contributed by atoms with Gasteiger partial charge in [0.2, 0.25) is 0 Å². The quantitative estimate of drug-likeness (QED) is 0.545. The third-order valence-electron chi connectivity index (χ3n) is 3.15. The van der Waals surface area contributed by atoms with Crippen LogP contribution in [0.5, 0.6) is 0 Å². The molecule has 0 bridgehead atoms. The maximum absolute atomic E-state index is 5.94. The second-order valence-corrected chi connectivity index (χ2v) is 4.55. The number of benzene rings is 1. The van der Waals surface area contributed by atoms with Gasteiger partial charge in [-0.1, -0.05) is 17.3 Å². The highest BCUT2D eigenvalue weighted by Crippen LogP contribution is 2.25. The van der Waals surface area contributed by atoms with Crippen LogP contribution in [0.25, 0.3) is 10.9 Å². The van der Waals surface area contributed by atoms with Crippen molar-refractivity contribution in [1.82, 2.24) is 20.0 Å². The maximum atomic E-state index is 5.94. The van der Waals surface area contributed by atoms with Gasteiger partial charge in [0.25, 0.3) is 0 Å². The largest absolute Gasteiger partial charge is 0.397 e. The van der Waals surface area contributed by atoms with E-state index in [1.807, 2.05) is 35.1 Å². The second kappa shape index (κ2) is 5.56. The maximum Gasteiger partial charge on any atom is 0.0951 e. The molecule has 0 aliphatic carbocycles. The number of hydrogen-bond acceptors (Lipinski definition) is 5. The standard InChI is InChI=1S/C14H16N6/c15-12-4-1-3-11-13(5-7-17-14(11)12)16-6-2-9-20-10-8-18-19-20/h1,3-5,7-8,10H,2,6,9,15H2,(H,16,17). The lowest BCUT2D eigenvalue weighted by atomic mass is 10.1. The lowest BCUT2D eigenvalue weighted by Crippen LogP contribution is -2.07. The lowest BCUT2D eigenvalue weighted by molar-refractivity contribution is 0.570. The predicted molar refractivity (Wildman–Crippen MR) is 79.3 cm³/mol. The summed E-state index contributed by atoms with van der Waals surface area (Å²) in [5.74, 6) is 0. The Bertz CT molecular complexity index is 692. The Hall–Kier alpha value is -2.63. The SMILES string of the molecule is Nc1cccc2c(NCCCn3ccnn3)ccnc12. The van der Waals surface area contributed by atoms with Gasteiger partial charge in [-0.25, -0.2) is 0 Å². The number of nitrogens with two attached hydrogens (primary N) is 1. The van der Waals surface area contributed by atoms with Crippen LogP contribution < -0.4 is 11.1 Å². The first kappa shape index (κ1) is 12.4. The Morgan fingerprint density at radius 1 is 1.20 bits per heavy atom. The van der Waals surface area contributed by atoms with Crippen LogP contribution in [-0.4, -0.2) is 26.5 Å². The van der Waals surface area contributed by atoms with Gasteiger partial charge in [-0.2, -0.15) is 0 Å². The zero-order valence-electron chi connectivity index (χ0n) is 11.0. The summed E-state index contributed by atoms with van der Waals surface area (Å²) < 4.78 is 1.82. The van der Waals surface area contributed by atoms with E-state index in [0.717, 1.165) is 36.1 Å². The molecule has 0 saturated heterocycles. The predicted octanol–water partition coefficient (Wildman–Crippen LogP) is 1.91. The Morgan fingerprint density at radius 2 is 2.15 bits per heavy atom. The van der Waals surface area contributed by atoms with Gasteiger partial charge in [0.1, 0.15) is 0 Å². The Labute approximate surface area is 116 Å². The molecule has 2 heterocycles. The van der Waals surface area contributed by atoms with E-state index in [1.54, 1.807) is 12.4 Å². The minimum atomic E-state index is 0.703. The topological polar surface area (TPSA) is 81.6 Å².